The van der Waals surface area contributed by atoms with Crippen LogP contribution in [0.2, 0.25) is 0 Å². The van der Waals surface area contributed by atoms with Gasteiger partial charge in [-0.05, 0) is 55.9 Å². The Labute approximate surface area is 161 Å². The molecule has 4 rings (SSSR count). The van der Waals surface area contributed by atoms with E-state index >= 15 is 0 Å². The summed E-state index contributed by atoms with van der Waals surface area (Å²) in [6.45, 7) is 4.74. The van der Waals surface area contributed by atoms with Crippen LogP contribution in [0, 0.1) is 5.92 Å². The average molecular weight is 382 g/mol. The maximum absolute atomic E-state index is 12.7. The Hall–Kier alpha value is -2.58. The number of pyridine rings is 1. The van der Waals surface area contributed by atoms with Gasteiger partial charge in [-0.1, -0.05) is 6.07 Å². The second-order valence-corrected chi connectivity index (χ2v) is 7.64. The topological polar surface area (TPSA) is 91.8 Å². The Morgan fingerprint density at radius 2 is 2.22 bits per heavy atom. The number of fused-ring (bicyclic) bond motifs is 1. The summed E-state index contributed by atoms with van der Waals surface area (Å²) in [6.07, 6.45) is 2.74. The molecule has 0 spiro atoms. The number of nitrogens with zero attached hydrogens (tertiary/aromatic N) is 3. The van der Waals surface area contributed by atoms with Crippen LogP contribution < -0.4 is 16.0 Å². The first kappa shape index (κ1) is 17.8. The summed E-state index contributed by atoms with van der Waals surface area (Å²) in [5, 5.41) is 11.4. The summed E-state index contributed by atoms with van der Waals surface area (Å²) >= 11 is 1.49. The average Bonchev–Trinajstić information content (AvgIpc) is 3.12. The largest absolute Gasteiger partial charge is 0.351 e. The van der Waals surface area contributed by atoms with E-state index in [-0.39, 0.29) is 11.9 Å². The fourth-order valence-corrected chi connectivity index (χ4v) is 3.83. The van der Waals surface area contributed by atoms with Crippen LogP contribution in [-0.2, 0) is 0 Å². The molecule has 1 saturated heterocycles. The van der Waals surface area contributed by atoms with Crippen LogP contribution in [0.15, 0.2) is 35.8 Å². The smallest absolute Gasteiger partial charge is 0.271 e. The van der Waals surface area contributed by atoms with Crippen LogP contribution in [0.5, 0.6) is 0 Å². The van der Waals surface area contributed by atoms with Gasteiger partial charge in [0.1, 0.15) is 0 Å². The molecule has 0 unspecified atom stereocenters. The summed E-state index contributed by atoms with van der Waals surface area (Å²) in [5.41, 5.74) is 2.10. The van der Waals surface area contributed by atoms with Crippen molar-refractivity contribution in [1.82, 2.24) is 25.6 Å². The molecule has 0 aromatic carbocycles. The normalized spacial score (nSPS) is 15.3. The number of carbonyl (C=O) groups is 1. The molecule has 1 atom stereocenters. The van der Waals surface area contributed by atoms with Gasteiger partial charge in [0.05, 0.1) is 22.0 Å². The highest BCUT2D eigenvalue weighted by Crippen LogP contribution is 2.25. The van der Waals surface area contributed by atoms with Crippen molar-refractivity contribution in [2.24, 2.45) is 5.92 Å². The lowest BCUT2D eigenvalue weighted by molar-refractivity contribution is 0.0947. The molecule has 0 aliphatic carbocycles. The fraction of sp³-hybridized carbons (Fsp3) is 0.368. The second kappa shape index (κ2) is 7.98. The second-order valence-electron chi connectivity index (χ2n) is 6.72. The van der Waals surface area contributed by atoms with Crippen LogP contribution >= 0.6 is 11.3 Å². The number of anilines is 1. The van der Waals surface area contributed by atoms with E-state index in [1.54, 1.807) is 6.20 Å². The van der Waals surface area contributed by atoms with E-state index < -0.39 is 0 Å². The van der Waals surface area contributed by atoms with Crippen molar-refractivity contribution >= 4 is 33.4 Å². The summed E-state index contributed by atoms with van der Waals surface area (Å²) < 4.78 is 0.814. The molecule has 1 amide bonds. The first-order valence-corrected chi connectivity index (χ1v) is 10.0. The number of nitrogens with one attached hydrogen (secondary N) is 3. The third-order valence-electron chi connectivity index (χ3n) is 4.70. The lowest BCUT2D eigenvalue weighted by atomic mass is 10.00. The number of thiophene rings is 1. The Morgan fingerprint density at radius 1 is 1.33 bits per heavy atom. The van der Waals surface area contributed by atoms with E-state index in [2.05, 4.69) is 30.9 Å². The minimum atomic E-state index is -0.148. The van der Waals surface area contributed by atoms with Crippen molar-refractivity contribution in [3.8, 4) is 0 Å². The molecular weight excluding hydrogens is 360 g/mol. The quantitative estimate of drug-likeness (QED) is 0.582. The third kappa shape index (κ3) is 4.06. The minimum Gasteiger partial charge on any atom is -0.351 e. The zero-order valence-electron chi connectivity index (χ0n) is 15.1. The molecule has 1 fully saturated rings. The maximum Gasteiger partial charge on any atom is 0.271 e. The van der Waals surface area contributed by atoms with E-state index in [1.165, 1.54) is 11.3 Å². The van der Waals surface area contributed by atoms with E-state index in [0.717, 1.165) is 35.4 Å². The van der Waals surface area contributed by atoms with Gasteiger partial charge in [0.2, 0.25) is 5.95 Å². The predicted molar refractivity (Wildman–Crippen MR) is 107 cm³/mol. The van der Waals surface area contributed by atoms with Crippen LogP contribution in [0.1, 0.15) is 35.6 Å². The van der Waals surface area contributed by atoms with Gasteiger partial charge in [-0.25, -0.2) is 9.97 Å². The Kier molecular flexibility index (Phi) is 5.26. The summed E-state index contributed by atoms with van der Waals surface area (Å²) in [7, 11) is 0. The molecule has 140 valence electrons. The number of carbonyl (C=O) groups excluding carboxylic acids is 1. The van der Waals surface area contributed by atoms with Gasteiger partial charge in [0.25, 0.3) is 5.91 Å². The molecule has 3 aromatic rings. The van der Waals surface area contributed by atoms with Crippen molar-refractivity contribution < 1.29 is 4.79 Å². The first-order valence-electron chi connectivity index (χ1n) is 9.12. The Bertz CT molecular complexity index is 924. The minimum absolute atomic E-state index is 0.0655. The van der Waals surface area contributed by atoms with E-state index in [4.69, 9.17) is 0 Å². The third-order valence-corrected chi connectivity index (χ3v) is 5.61. The maximum atomic E-state index is 12.7. The van der Waals surface area contributed by atoms with Crippen LogP contribution in [0.4, 0.5) is 5.95 Å². The molecule has 1 aliphatic heterocycles. The Morgan fingerprint density at radius 3 is 2.96 bits per heavy atom. The number of amides is 1. The van der Waals surface area contributed by atoms with Gasteiger partial charge in [-0.15, -0.1) is 11.3 Å². The molecule has 1 aliphatic rings. The van der Waals surface area contributed by atoms with Gasteiger partial charge in [-0.2, -0.15) is 0 Å². The van der Waals surface area contributed by atoms with Gasteiger partial charge in [-0.3, -0.25) is 9.78 Å². The van der Waals surface area contributed by atoms with Crippen molar-refractivity contribution in [2.75, 3.05) is 25.0 Å². The van der Waals surface area contributed by atoms with Crippen molar-refractivity contribution in [2.45, 2.75) is 19.4 Å². The van der Waals surface area contributed by atoms with Crippen molar-refractivity contribution in [3.05, 3.63) is 47.2 Å². The monoisotopic (exact) mass is 382 g/mol. The highest BCUT2D eigenvalue weighted by atomic mass is 32.1. The molecule has 8 heteroatoms. The summed E-state index contributed by atoms with van der Waals surface area (Å²) in [4.78, 5) is 26.1. The van der Waals surface area contributed by atoms with E-state index in [0.29, 0.717) is 24.1 Å². The zero-order valence-corrected chi connectivity index (χ0v) is 15.9. The molecule has 3 N–H and O–H groups in total. The van der Waals surface area contributed by atoms with Gasteiger partial charge in [0.15, 0.2) is 5.69 Å². The van der Waals surface area contributed by atoms with E-state index in [1.807, 2.05) is 36.6 Å². The van der Waals surface area contributed by atoms with E-state index in [9.17, 15) is 4.79 Å². The summed E-state index contributed by atoms with van der Waals surface area (Å²) in [5.74, 6) is 0.951. The first-order chi connectivity index (χ1) is 13.2. The molecule has 27 heavy (non-hydrogen) atoms. The van der Waals surface area contributed by atoms with Crippen LogP contribution in [0.25, 0.3) is 10.2 Å². The molecular formula is C19H22N6OS. The molecule has 0 bridgehead atoms. The SMILES string of the molecule is C[C@H](Nc1nc(C(=O)NCCC2CNC2)c2sccc2n1)c1ccccn1. The Balaban J connectivity index is 1.51. The molecule has 4 heterocycles. The summed E-state index contributed by atoms with van der Waals surface area (Å²) in [6, 6.07) is 7.62. The lowest BCUT2D eigenvalue weighted by Crippen LogP contribution is -2.43. The van der Waals surface area contributed by atoms with Crippen molar-refractivity contribution in [1.29, 1.82) is 0 Å². The van der Waals surface area contributed by atoms with Gasteiger partial charge >= 0.3 is 0 Å². The number of hydrogen-bond acceptors (Lipinski definition) is 7. The predicted octanol–water partition coefficient (Wildman–Crippen LogP) is 2.60. The molecule has 7 nitrogen and oxygen atoms in total. The molecule has 3 aromatic heterocycles. The van der Waals surface area contributed by atoms with Gasteiger partial charge < -0.3 is 16.0 Å². The standard InChI is InChI=1S/C19H22N6OS/c1-12(14-4-2-3-7-21-14)23-19-24-15-6-9-27-17(15)16(25-19)18(26)22-8-5-13-10-20-11-13/h2-4,6-7,9,12-13,20H,5,8,10-11H2,1H3,(H,22,26)(H,23,24,25)/t12-/m0/s1. The zero-order chi connectivity index (χ0) is 18.6. The molecule has 0 radical (unpaired) electrons. The number of hydrogen-bond donors (Lipinski definition) is 3. The molecule has 0 saturated carbocycles. The highest BCUT2D eigenvalue weighted by molar-refractivity contribution is 7.17. The highest BCUT2D eigenvalue weighted by Gasteiger charge is 2.19. The van der Waals surface area contributed by atoms with Gasteiger partial charge in [0, 0.05) is 12.7 Å². The number of rotatable bonds is 7. The lowest BCUT2D eigenvalue weighted by Gasteiger charge is -2.26. The van der Waals surface area contributed by atoms with Crippen molar-refractivity contribution in [3.63, 3.8) is 0 Å². The van der Waals surface area contributed by atoms with Crippen LogP contribution in [0.3, 0.4) is 0 Å². The van der Waals surface area contributed by atoms with Crippen LogP contribution in [-0.4, -0.2) is 40.5 Å². The number of aromatic nitrogens is 3. The fourth-order valence-electron chi connectivity index (χ4n) is 3.01.